The van der Waals surface area contributed by atoms with Crippen LogP contribution in [0.1, 0.15) is 5.56 Å². The van der Waals surface area contributed by atoms with Gasteiger partial charge < -0.3 is 10.3 Å². The summed E-state index contributed by atoms with van der Waals surface area (Å²) in [6, 6.07) is 13.7. The van der Waals surface area contributed by atoms with Gasteiger partial charge in [0.05, 0.1) is 6.42 Å². The Labute approximate surface area is 115 Å². The lowest BCUT2D eigenvalue weighted by atomic mass is 10.1. The van der Waals surface area contributed by atoms with Crippen LogP contribution in [0.4, 0.5) is 10.1 Å². The molecule has 0 unspecified atom stereocenters. The van der Waals surface area contributed by atoms with Crippen molar-refractivity contribution in [3.8, 4) is 0 Å². The number of amides is 1. The Morgan fingerprint density at radius 3 is 2.90 bits per heavy atom. The van der Waals surface area contributed by atoms with Crippen LogP contribution in [0.15, 0.2) is 54.7 Å². The Kier molecular flexibility index (Phi) is 3.21. The molecule has 3 rings (SSSR count). The highest BCUT2D eigenvalue weighted by Crippen LogP contribution is 2.17. The maximum Gasteiger partial charge on any atom is 0.228 e. The Bertz CT molecular complexity index is 764. The molecule has 4 heteroatoms. The Morgan fingerprint density at radius 1 is 1.15 bits per heavy atom. The van der Waals surface area contributed by atoms with E-state index in [4.69, 9.17) is 0 Å². The van der Waals surface area contributed by atoms with Crippen molar-refractivity contribution in [3.63, 3.8) is 0 Å². The van der Waals surface area contributed by atoms with Gasteiger partial charge in [0.25, 0.3) is 0 Å². The summed E-state index contributed by atoms with van der Waals surface area (Å²) in [5.41, 5.74) is 2.35. The van der Waals surface area contributed by atoms with Gasteiger partial charge in [0, 0.05) is 17.4 Å². The first kappa shape index (κ1) is 12.4. The van der Waals surface area contributed by atoms with E-state index >= 15 is 0 Å². The van der Waals surface area contributed by atoms with E-state index in [0.717, 1.165) is 16.6 Å². The third kappa shape index (κ3) is 2.69. The van der Waals surface area contributed by atoms with Gasteiger partial charge >= 0.3 is 0 Å². The topological polar surface area (TPSA) is 44.9 Å². The van der Waals surface area contributed by atoms with Crippen LogP contribution in [-0.4, -0.2) is 10.9 Å². The number of nitrogens with one attached hydrogen (secondary N) is 2. The lowest BCUT2D eigenvalue weighted by molar-refractivity contribution is -0.115. The summed E-state index contributed by atoms with van der Waals surface area (Å²) in [6.07, 6.45) is 2.00. The lowest BCUT2D eigenvalue weighted by Crippen LogP contribution is -2.14. The Hall–Kier alpha value is -2.62. The number of aromatic nitrogens is 1. The SMILES string of the molecule is O=C(Cc1cccc(F)c1)Nc1ccc2cc[nH]c2c1. The summed E-state index contributed by atoms with van der Waals surface area (Å²) in [5.74, 6) is -0.496. The molecule has 0 aliphatic carbocycles. The fourth-order valence-corrected chi connectivity index (χ4v) is 2.16. The first-order chi connectivity index (χ1) is 9.70. The zero-order valence-corrected chi connectivity index (χ0v) is 10.7. The van der Waals surface area contributed by atoms with Gasteiger partial charge in [-0.2, -0.15) is 0 Å². The number of carbonyl (C=O) groups excluding carboxylic acids is 1. The summed E-state index contributed by atoms with van der Waals surface area (Å²) in [4.78, 5) is 15.0. The second kappa shape index (κ2) is 5.17. The number of hydrogen-bond acceptors (Lipinski definition) is 1. The van der Waals surface area contributed by atoms with Crippen LogP contribution in [0, 0.1) is 5.82 Å². The fourth-order valence-electron chi connectivity index (χ4n) is 2.16. The number of fused-ring (bicyclic) bond motifs is 1. The summed E-state index contributed by atoms with van der Waals surface area (Å²) in [7, 11) is 0. The van der Waals surface area contributed by atoms with E-state index in [1.165, 1.54) is 12.1 Å². The first-order valence-electron chi connectivity index (χ1n) is 6.32. The molecule has 2 aromatic carbocycles. The molecule has 0 fully saturated rings. The second-order valence-corrected chi connectivity index (χ2v) is 4.63. The van der Waals surface area contributed by atoms with Gasteiger partial charge in [0.1, 0.15) is 5.82 Å². The molecule has 0 saturated heterocycles. The van der Waals surface area contributed by atoms with Crippen LogP contribution < -0.4 is 5.32 Å². The standard InChI is InChI=1S/C16H13FN2O/c17-13-3-1-2-11(8-13)9-16(20)19-14-5-4-12-6-7-18-15(12)10-14/h1-8,10,18H,9H2,(H,19,20). The Morgan fingerprint density at radius 2 is 2.05 bits per heavy atom. The van der Waals surface area contributed by atoms with E-state index in [0.29, 0.717) is 5.56 Å². The number of rotatable bonds is 3. The minimum absolute atomic E-state index is 0.153. The van der Waals surface area contributed by atoms with Crippen molar-refractivity contribution in [2.45, 2.75) is 6.42 Å². The molecule has 3 nitrogen and oxygen atoms in total. The molecule has 0 bridgehead atoms. The van der Waals surface area contributed by atoms with Crippen molar-refractivity contribution in [1.29, 1.82) is 0 Å². The largest absolute Gasteiger partial charge is 0.361 e. The maximum absolute atomic E-state index is 13.0. The molecular weight excluding hydrogens is 255 g/mol. The van der Waals surface area contributed by atoms with Gasteiger partial charge in [0.15, 0.2) is 0 Å². The van der Waals surface area contributed by atoms with Crippen LogP contribution in [0.25, 0.3) is 10.9 Å². The molecule has 0 spiro atoms. The molecule has 0 atom stereocenters. The first-order valence-corrected chi connectivity index (χ1v) is 6.32. The normalized spacial score (nSPS) is 10.7. The monoisotopic (exact) mass is 268 g/mol. The molecule has 0 radical (unpaired) electrons. The van der Waals surface area contributed by atoms with Gasteiger partial charge in [0.2, 0.25) is 5.91 Å². The van der Waals surface area contributed by atoms with Gasteiger partial charge in [-0.1, -0.05) is 18.2 Å². The second-order valence-electron chi connectivity index (χ2n) is 4.63. The van der Waals surface area contributed by atoms with Crippen molar-refractivity contribution < 1.29 is 9.18 Å². The van der Waals surface area contributed by atoms with Crippen molar-refractivity contribution in [2.24, 2.45) is 0 Å². The molecule has 0 aliphatic rings. The van der Waals surface area contributed by atoms with Crippen molar-refractivity contribution in [1.82, 2.24) is 4.98 Å². The van der Waals surface area contributed by atoms with Crippen molar-refractivity contribution >= 4 is 22.5 Å². The fraction of sp³-hybridized carbons (Fsp3) is 0.0625. The summed E-state index contributed by atoms with van der Waals surface area (Å²) < 4.78 is 13.0. The van der Waals surface area contributed by atoms with E-state index < -0.39 is 0 Å². The highest BCUT2D eigenvalue weighted by atomic mass is 19.1. The van der Waals surface area contributed by atoms with E-state index in [9.17, 15) is 9.18 Å². The zero-order valence-electron chi connectivity index (χ0n) is 10.7. The van der Waals surface area contributed by atoms with Gasteiger partial charge in [-0.15, -0.1) is 0 Å². The molecular formula is C16H13FN2O. The minimum Gasteiger partial charge on any atom is -0.361 e. The highest BCUT2D eigenvalue weighted by Gasteiger charge is 2.05. The number of benzene rings is 2. The van der Waals surface area contributed by atoms with E-state index in [-0.39, 0.29) is 18.1 Å². The molecule has 1 heterocycles. The number of carbonyl (C=O) groups is 1. The van der Waals surface area contributed by atoms with Gasteiger partial charge in [-0.25, -0.2) is 4.39 Å². The van der Waals surface area contributed by atoms with Crippen LogP contribution in [-0.2, 0) is 11.2 Å². The molecule has 0 aliphatic heterocycles. The van der Waals surface area contributed by atoms with Crippen LogP contribution in [0.2, 0.25) is 0 Å². The zero-order chi connectivity index (χ0) is 13.9. The number of hydrogen-bond donors (Lipinski definition) is 2. The highest BCUT2D eigenvalue weighted by molar-refractivity contribution is 5.94. The minimum atomic E-state index is -0.330. The van der Waals surface area contributed by atoms with E-state index in [1.54, 1.807) is 12.1 Å². The molecule has 3 aromatic rings. The quantitative estimate of drug-likeness (QED) is 0.750. The van der Waals surface area contributed by atoms with Crippen LogP contribution in [0.3, 0.4) is 0 Å². The molecule has 0 saturated carbocycles. The average molecular weight is 268 g/mol. The van der Waals surface area contributed by atoms with Crippen molar-refractivity contribution in [3.05, 3.63) is 66.1 Å². The predicted molar refractivity (Wildman–Crippen MR) is 77.0 cm³/mol. The van der Waals surface area contributed by atoms with E-state index in [2.05, 4.69) is 10.3 Å². The number of halogens is 1. The molecule has 1 amide bonds. The summed E-state index contributed by atoms with van der Waals surface area (Å²) in [6.45, 7) is 0. The third-order valence-corrected chi connectivity index (χ3v) is 3.09. The molecule has 100 valence electrons. The number of aromatic amines is 1. The smallest absolute Gasteiger partial charge is 0.228 e. The average Bonchev–Trinajstić information content (AvgIpc) is 2.86. The number of anilines is 1. The molecule has 2 N–H and O–H groups in total. The Balaban J connectivity index is 1.72. The van der Waals surface area contributed by atoms with Crippen molar-refractivity contribution in [2.75, 3.05) is 5.32 Å². The van der Waals surface area contributed by atoms with Gasteiger partial charge in [-0.3, -0.25) is 4.79 Å². The lowest BCUT2D eigenvalue weighted by Gasteiger charge is -2.05. The molecule has 1 aromatic heterocycles. The predicted octanol–water partition coefficient (Wildman–Crippen LogP) is 3.49. The maximum atomic E-state index is 13.0. The summed E-state index contributed by atoms with van der Waals surface area (Å²) in [5, 5.41) is 3.90. The van der Waals surface area contributed by atoms with Crippen LogP contribution in [0.5, 0.6) is 0 Å². The van der Waals surface area contributed by atoms with E-state index in [1.807, 2.05) is 30.5 Å². The number of H-pyrrole nitrogens is 1. The third-order valence-electron chi connectivity index (χ3n) is 3.09. The van der Waals surface area contributed by atoms with Crippen LogP contribution >= 0.6 is 0 Å². The van der Waals surface area contributed by atoms with Gasteiger partial charge in [-0.05, 0) is 41.3 Å². The summed E-state index contributed by atoms with van der Waals surface area (Å²) >= 11 is 0. The molecule has 20 heavy (non-hydrogen) atoms.